The summed E-state index contributed by atoms with van der Waals surface area (Å²) >= 11 is 9.16. The molecule has 0 spiro atoms. The van der Waals surface area contributed by atoms with E-state index in [-0.39, 0.29) is 17.4 Å². The summed E-state index contributed by atoms with van der Waals surface area (Å²) in [5.41, 5.74) is -0.118. The summed E-state index contributed by atoms with van der Waals surface area (Å²) < 4.78 is 33.2. The van der Waals surface area contributed by atoms with Crippen molar-refractivity contribution in [2.75, 3.05) is 11.9 Å². The average molecular weight is 476 g/mol. The number of sulfonamides is 1. The molecule has 2 aromatic rings. The first kappa shape index (κ1) is 21.7. The van der Waals surface area contributed by atoms with Crippen LogP contribution in [0.4, 0.5) is 5.69 Å². The molecule has 1 amide bonds. The third-order valence-electron chi connectivity index (χ3n) is 3.14. The zero-order chi connectivity index (χ0) is 20.2. The molecule has 146 valence electrons. The molecule has 9 heteroatoms. The molecule has 0 saturated carbocycles. The third kappa shape index (κ3) is 6.80. The van der Waals surface area contributed by atoms with E-state index < -0.39 is 15.6 Å². The number of benzene rings is 2. The van der Waals surface area contributed by atoms with Crippen LogP contribution < -0.4 is 14.8 Å². The highest BCUT2D eigenvalue weighted by Gasteiger charge is 2.21. The Morgan fingerprint density at radius 1 is 1.15 bits per heavy atom. The van der Waals surface area contributed by atoms with Crippen molar-refractivity contribution in [3.05, 3.63) is 52.0 Å². The fourth-order valence-electron chi connectivity index (χ4n) is 2.11. The number of ether oxygens (including phenoxy) is 1. The first-order chi connectivity index (χ1) is 12.5. The quantitative estimate of drug-likeness (QED) is 0.656. The number of anilines is 1. The molecule has 0 aromatic heterocycles. The molecule has 0 aliphatic rings. The number of halogens is 2. The summed E-state index contributed by atoms with van der Waals surface area (Å²) in [6.07, 6.45) is 0. The summed E-state index contributed by atoms with van der Waals surface area (Å²) in [6, 6.07) is 10.9. The lowest BCUT2D eigenvalue weighted by atomic mass is 10.1. The Morgan fingerprint density at radius 3 is 2.33 bits per heavy atom. The van der Waals surface area contributed by atoms with Gasteiger partial charge in [-0.1, -0.05) is 11.6 Å². The highest BCUT2D eigenvalue weighted by molar-refractivity contribution is 9.10. The van der Waals surface area contributed by atoms with Gasteiger partial charge in [0.25, 0.3) is 5.91 Å². The molecule has 0 radical (unpaired) electrons. The molecule has 0 fully saturated rings. The van der Waals surface area contributed by atoms with Gasteiger partial charge in [0.2, 0.25) is 10.0 Å². The zero-order valence-corrected chi connectivity index (χ0v) is 18.2. The van der Waals surface area contributed by atoms with Crippen LogP contribution in [0.2, 0.25) is 5.02 Å². The maximum atomic E-state index is 12.3. The Bertz CT molecular complexity index is 925. The van der Waals surface area contributed by atoms with Crippen molar-refractivity contribution in [2.24, 2.45) is 0 Å². The van der Waals surface area contributed by atoms with E-state index in [4.69, 9.17) is 16.3 Å². The van der Waals surface area contributed by atoms with E-state index in [0.29, 0.717) is 20.9 Å². The van der Waals surface area contributed by atoms with Crippen molar-refractivity contribution in [3.63, 3.8) is 0 Å². The molecular formula is C18H20BrClN2O4S. The second-order valence-corrected chi connectivity index (χ2v) is 9.76. The Balaban J connectivity index is 1.96. The van der Waals surface area contributed by atoms with Gasteiger partial charge in [0.15, 0.2) is 6.61 Å². The number of hydrogen-bond donors (Lipinski definition) is 2. The number of rotatable bonds is 6. The van der Waals surface area contributed by atoms with Gasteiger partial charge in [0.1, 0.15) is 5.75 Å². The monoisotopic (exact) mass is 474 g/mol. The molecule has 0 saturated heterocycles. The minimum Gasteiger partial charge on any atom is -0.483 e. The lowest BCUT2D eigenvalue weighted by molar-refractivity contribution is -0.118. The van der Waals surface area contributed by atoms with Gasteiger partial charge in [-0.05, 0) is 79.2 Å². The lowest BCUT2D eigenvalue weighted by Gasteiger charge is -2.20. The van der Waals surface area contributed by atoms with Gasteiger partial charge in [0, 0.05) is 16.2 Å². The minimum atomic E-state index is -3.62. The predicted octanol–water partition coefficient (Wildman–Crippen LogP) is 4.20. The molecule has 2 aromatic carbocycles. The molecule has 27 heavy (non-hydrogen) atoms. The molecule has 0 aliphatic carbocycles. The van der Waals surface area contributed by atoms with E-state index in [9.17, 15) is 13.2 Å². The van der Waals surface area contributed by atoms with Crippen molar-refractivity contribution >= 4 is 49.1 Å². The van der Waals surface area contributed by atoms with Gasteiger partial charge in [-0.2, -0.15) is 0 Å². The van der Waals surface area contributed by atoms with Gasteiger partial charge in [-0.3, -0.25) is 4.79 Å². The maximum absolute atomic E-state index is 12.3. The van der Waals surface area contributed by atoms with Crippen molar-refractivity contribution in [1.29, 1.82) is 0 Å². The molecule has 2 rings (SSSR count). The summed E-state index contributed by atoms with van der Waals surface area (Å²) in [6.45, 7) is 5.08. The van der Waals surface area contributed by atoms with Crippen LogP contribution in [0, 0.1) is 0 Å². The van der Waals surface area contributed by atoms with E-state index in [1.807, 2.05) is 0 Å². The van der Waals surface area contributed by atoms with Crippen LogP contribution in [0.1, 0.15) is 20.8 Å². The van der Waals surface area contributed by atoms with Gasteiger partial charge >= 0.3 is 0 Å². The second kappa shape index (κ2) is 8.60. The van der Waals surface area contributed by atoms with E-state index in [0.717, 1.165) is 0 Å². The number of amides is 1. The Hall–Kier alpha value is -1.61. The van der Waals surface area contributed by atoms with Crippen LogP contribution in [-0.2, 0) is 14.8 Å². The molecule has 0 unspecified atom stereocenters. The molecule has 0 bridgehead atoms. The van der Waals surface area contributed by atoms with E-state index in [2.05, 4.69) is 26.0 Å². The molecule has 0 atom stereocenters. The second-order valence-electron chi connectivity index (χ2n) is 6.79. The third-order valence-corrected chi connectivity index (χ3v) is 5.77. The van der Waals surface area contributed by atoms with Gasteiger partial charge in [0.05, 0.1) is 9.37 Å². The van der Waals surface area contributed by atoms with Crippen LogP contribution in [-0.4, -0.2) is 26.5 Å². The first-order valence-electron chi connectivity index (χ1n) is 7.98. The number of carbonyl (C=O) groups excluding carboxylic acids is 1. The summed E-state index contributed by atoms with van der Waals surface area (Å²) in [5, 5.41) is 3.20. The van der Waals surface area contributed by atoms with Crippen LogP contribution in [0.25, 0.3) is 0 Å². The largest absolute Gasteiger partial charge is 0.483 e. The standard InChI is InChI=1S/C18H20BrClN2O4S/c1-18(2,3)22-27(24,25)14-7-5-13(6-8-14)21-17(23)11-26-16-9-4-12(20)10-15(16)19/h4-10,22H,11H2,1-3H3,(H,21,23). The highest BCUT2D eigenvalue weighted by Crippen LogP contribution is 2.28. The number of carbonyl (C=O) groups is 1. The number of nitrogens with one attached hydrogen (secondary N) is 2. The number of hydrogen-bond acceptors (Lipinski definition) is 4. The van der Waals surface area contributed by atoms with E-state index in [1.54, 1.807) is 39.0 Å². The molecular weight excluding hydrogens is 456 g/mol. The van der Waals surface area contributed by atoms with Gasteiger partial charge in [-0.25, -0.2) is 13.1 Å². The fraction of sp³-hybridized carbons (Fsp3) is 0.278. The summed E-state index contributed by atoms with van der Waals surface area (Å²) in [7, 11) is -3.62. The van der Waals surface area contributed by atoms with Crippen molar-refractivity contribution in [3.8, 4) is 5.75 Å². The predicted molar refractivity (Wildman–Crippen MR) is 110 cm³/mol. The van der Waals surface area contributed by atoms with Crippen LogP contribution >= 0.6 is 27.5 Å². The first-order valence-corrected chi connectivity index (χ1v) is 10.6. The summed E-state index contributed by atoms with van der Waals surface area (Å²) in [5.74, 6) is 0.115. The zero-order valence-electron chi connectivity index (χ0n) is 15.0. The topological polar surface area (TPSA) is 84.5 Å². The minimum absolute atomic E-state index is 0.122. The SMILES string of the molecule is CC(C)(C)NS(=O)(=O)c1ccc(NC(=O)COc2ccc(Cl)cc2Br)cc1. The van der Waals surface area contributed by atoms with Crippen molar-refractivity contribution < 1.29 is 17.9 Å². The molecule has 6 nitrogen and oxygen atoms in total. The normalized spacial score (nSPS) is 11.9. The van der Waals surface area contributed by atoms with Gasteiger partial charge < -0.3 is 10.1 Å². The van der Waals surface area contributed by atoms with E-state index in [1.165, 1.54) is 24.3 Å². The Kier molecular flexibility index (Phi) is 6.91. The van der Waals surface area contributed by atoms with Crippen molar-refractivity contribution in [1.82, 2.24) is 4.72 Å². The van der Waals surface area contributed by atoms with Crippen LogP contribution in [0.15, 0.2) is 51.8 Å². The average Bonchev–Trinajstić information content (AvgIpc) is 2.52. The molecule has 0 aliphatic heterocycles. The maximum Gasteiger partial charge on any atom is 0.262 e. The molecule has 2 N–H and O–H groups in total. The Morgan fingerprint density at radius 2 is 1.78 bits per heavy atom. The van der Waals surface area contributed by atoms with Crippen LogP contribution in [0.5, 0.6) is 5.75 Å². The summed E-state index contributed by atoms with van der Waals surface area (Å²) in [4.78, 5) is 12.1. The highest BCUT2D eigenvalue weighted by atomic mass is 79.9. The lowest BCUT2D eigenvalue weighted by Crippen LogP contribution is -2.40. The van der Waals surface area contributed by atoms with Crippen LogP contribution in [0.3, 0.4) is 0 Å². The van der Waals surface area contributed by atoms with E-state index >= 15 is 0 Å². The molecule has 0 heterocycles. The smallest absolute Gasteiger partial charge is 0.262 e. The fourth-order valence-corrected chi connectivity index (χ4v) is 4.33. The van der Waals surface area contributed by atoms with Crippen molar-refractivity contribution in [2.45, 2.75) is 31.2 Å². The van der Waals surface area contributed by atoms with Gasteiger partial charge in [-0.15, -0.1) is 0 Å². The Labute approximate surface area is 172 Å².